The van der Waals surface area contributed by atoms with E-state index in [-0.39, 0.29) is 12.4 Å². The molecule has 11 heteroatoms. The van der Waals surface area contributed by atoms with Crippen molar-refractivity contribution in [2.75, 3.05) is 37.1 Å². The molecule has 0 bridgehead atoms. The fourth-order valence-corrected chi connectivity index (χ4v) is 8.63. The lowest BCUT2D eigenvalue weighted by Gasteiger charge is -2.20. The van der Waals surface area contributed by atoms with E-state index in [0.717, 1.165) is 45.6 Å². The van der Waals surface area contributed by atoms with Crippen LogP contribution in [0.4, 0.5) is 15.9 Å². The number of halogens is 1. The highest BCUT2D eigenvalue weighted by Crippen LogP contribution is 2.74. The number of pyridine rings is 1. The molecule has 0 amide bonds. The molecule has 1 saturated heterocycles. The van der Waals surface area contributed by atoms with E-state index in [1.54, 1.807) is 6.20 Å². The van der Waals surface area contributed by atoms with Crippen LogP contribution in [0.2, 0.25) is 0 Å². The summed E-state index contributed by atoms with van der Waals surface area (Å²) in [5.41, 5.74) is 5.59. The third kappa shape index (κ3) is 7.23. The van der Waals surface area contributed by atoms with Gasteiger partial charge in [0.15, 0.2) is 17.4 Å². The molecule has 1 aliphatic heterocycles. The molecule has 0 spiro atoms. The van der Waals surface area contributed by atoms with E-state index in [9.17, 15) is 0 Å². The Bertz CT molecular complexity index is 1990. The largest absolute Gasteiger partial charge is 0.493 e. The molecule has 1 atom stereocenters. The second kappa shape index (κ2) is 13.2. The lowest BCUT2D eigenvalue weighted by Crippen LogP contribution is -2.09. The van der Waals surface area contributed by atoms with E-state index in [4.69, 9.17) is 28.7 Å². The van der Waals surface area contributed by atoms with Crippen molar-refractivity contribution in [3.05, 3.63) is 83.1 Å². The van der Waals surface area contributed by atoms with Crippen molar-refractivity contribution in [3.8, 4) is 23.0 Å². The number of nitrogens with one attached hydrogen (secondary N) is 1. The number of aromatic nitrogens is 5. The number of fused-ring (bicyclic) bond motifs is 1. The van der Waals surface area contributed by atoms with Gasteiger partial charge in [0.05, 0.1) is 38.1 Å². The van der Waals surface area contributed by atoms with Gasteiger partial charge in [0.2, 0.25) is 0 Å². The number of hydrogen-bond donors (Lipinski definition) is 1. The summed E-state index contributed by atoms with van der Waals surface area (Å²) in [5, 5.41) is 9.31. The van der Waals surface area contributed by atoms with Gasteiger partial charge in [-0.1, -0.05) is 18.2 Å². The second-order valence-corrected chi connectivity index (χ2v) is 17.7. The Hall–Kier alpha value is -4.22. The molecule has 1 unspecified atom stereocenters. The maximum Gasteiger partial charge on any atom is 0.183 e. The molecule has 0 radical (unpaired) electrons. The van der Waals surface area contributed by atoms with E-state index in [2.05, 4.69) is 30.4 Å². The Labute approximate surface area is 289 Å². The fourth-order valence-electron chi connectivity index (χ4n) is 5.98. The van der Waals surface area contributed by atoms with Crippen LogP contribution >= 0.6 is 10.3 Å². The third-order valence-corrected chi connectivity index (χ3v) is 13.7. The molecule has 9 nitrogen and oxygen atoms in total. The minimum absolute atomic E-state index is 0.253. The summed E-state index contributed by atoms with van der Waals surface area (Å²) in [6, 6.07) is 13.3. The summed E-state index contributed by atoms with van der Waals surface area (Å²) in [4.78, 5) is 14.1. The van der Waals surface area contributed by atoms with Crippen LogP contribution in [0.3, 0.4) is 0 Å². The zero-order valence-corrected chi connectivity index (χ0v) is 30.0. The Balaban J connectivity index is 1.16. The van der Waals surface area contributed by atoms with Crippen LogP contribution in [0.1, 0.15) is 55.5 Å². The van der Waals surface area contributed by atoms with Gasteiger partial charge in [0.1, 0.15) is 17.3 Å². The minimum atomic E-state index is -0.972. The number of anilines is 2. The predicted molar refractivity (Wildman–Crippen MR) is 195 cm³/mol. The summed E-state index contributed by atoms with van der Waals surface area (Å²) in [5.74, 6) is 3.51. The summed E-state index contributed by atoms with van der Waals surface area (Å²) >= 11 is 0. The Morgan fingerprint density at radius 1 is 1.00 bits per heavy atom. The van der Waals surface area contributed by atoms with E-state index in [1.807, 2.05) is 68.0 Å². The number of nitrogens with zero attached hydrogens (tertiary/aromatic N) is 5. The van der Waals surface area contributed by atoms with Crippen LogP contribution in [-0.2, 0) is 10.7 Å². The van der Waals surface area contributed by atoms with E-state index >= 15 is 4.39 Å². The molecule has 4 heterocycles. The van der Waals surface area contributed by atoms with Crippen LogP contribution in [0.25, 0.3) is 22.4 Å². The molecule has 2 fully saturated rings. The topological polar surface area (TPSA) is 96.2 Å². The molecular weight excluding hydrogens is 640 g/mol. The third-order valence-electron chi connectivity index (χ3n) is 9.59. The first-order valence-electron chi connectivity index (χ1n) is 17.0. The van der Waals surface area contributed by atoms with Crippen LogP contribution < -0.4 is 14.8 Å². The fraction of sp³-hybridized carbons (Fsp3) is 0.421. The maximum absolute atomic E-state index is 15.5. The van der Waals surface area contributed by atoms with Gasteiger partial charge in [-0.05, 0) is 89.0 Å². The minimum Gasteiger partial charge on any atom is -0.493 e. The normalized spacial score (nSPS) is 19.4. The number of aryl methyl sites for hydroxylation is 3. The first kappa shape index (κ1) is 33.3. The quantitative estimate of drug-likeness (QED) is 0.0920. The predicted octanol–water partition coefficient (Wildman–Crippen LogP) is 8.46. The molecule has 5 aromatic rings. The second-order valence-electron chi connectivity index (χ2n) is 14.1. The Morgan fingerprint density at radius 2 is 1.80 bits per heavy atom. The van der Waals surface area contributed by atoms with Gasteiger partial charge in [0, 0.05) is 51.5 Å². The number of hydrogen-bond acceptors (Lipinski definition) is 8. The van der Waals surface area contributed by atoms with Crippen molar-refractivity contribution < 1.29 is 18.0 Å². The molecular formula is C38H45FN6O3S. The van der Waals surface area contributed by atoms with E-state index in [0.29, 0.717) is 64.9 Å². The average Bonchev–Trinajstić information content (AvgIpc) is 3.94. The van der Waals surface area contributed by atoms with E-state index in [1.165, 1.54) is 18.9 Å². The number of rotatable bonds is 14. The smallest absolute Gasteiger partial charge is 0.183 e. The Morgan fingerprint density at radius 3 is 2.55 bits per heavy atom. The standard InChI is InChI=1S/C38H45FN6O3S/c1-24-16-28(47-22-27-12-13-27)18-31(39)30(24)21-45-33-11-8-7-10-29(33)35(44-45)37-41-20-34(46-14-9-15-48-49(6)23-38(49,4)5)36(43-37)42-32-17-26(3)40-19-25(32)2/h7-8,10-11,16-20,27H,9,12-15,21-23H2,1-6H3,(H,40,41,42,43). The van der Waals surface area contributed by atoms with E-state index < -0.39 is 10.3 Å². The maximum atomic E-state index is 15.5. The number of benzene rings is 2. The van der Waals surface area contributed by atoms with Gasteiger partial charge < -0.3 is 19.0 Å². The highest BCUT2D eigenvalue weighted by atomic mass is 32.3. The number of para-hydroxylation sites is 1. The van der Waals surface area contributed by atoms with Gasteiger partial charge in [-0.25, -0.2) is 14.4 Å². The van der Waals surface area contributed by atoms with Crippen LogP contribution in [0, 0.1) is 32.5 Å². The van der Waals surface area contributed by atoms with Crippen LogP contribution in [0.5, 0.6) is 11.5 Å². The van der Waals surface area contributed by atoms with Crippen molar-refractivity contribution in [3.63, 3.8) is 0 Å². The molecule has 3 aromatic heterocycles. The summed E-state index contributed by atoms with van der Waals surface area (Å²) in [7, 11) is -0.972. The van der Waals surface area contributed by atoms with Crippen molar-refractivity contribution in [2.45, 2.75) is 65.2 Å². The molecule has 49 heavy (non-hydrogen) atoms. The highest BCUT2D eigenvalue weighted by Gasteiger charge is 2.54. The summed E-state index contributed by atoms with van der Waals surface area (Å²) < 4.78 is 36.0. The summed E-state index contributed by atoms with van der Waals surface area (Å²) in [6.45, 7) is 12.4. The van der Waals surface area contributed by atoms with Gasteiger partial charge in [-0.15, -0.1) is 10.3 Å². The lowest BCUT2D eigenvalue weighted by molar-refractivity contribution is 0.263. The molecule has 1 N–H and O–H groups in total. The SMILES string of the molecule is Cc1cc(Nc2nc(-c3nn(Cc4c(C)cc(OCC5CC5)cc4F)c4ccccc34)ncc2OCCCOS2(C)CC2(C)C)c(C)cn1. The van der Waals surface area contributed by atoms with Crippen molar-refractivity contribution in [1.29, 1.82) is 0 Å². The average molecular weight is 685 g/mol. The zero-order chi connectivity index (χ0) is 34.3. The van der Waals surface area contributed by atoms with Crippen molar-refractivity contribution in [1.82, 2.24) is 24.7 Å². The van der Waals surface area contributed by atoms with Crippen molar-refractivity contribution in [2.24, 2.45) is 5.92 Å². The zero-order valence-electron chi connectivity index (χ0n) is 29.2. The first-order chi connectivity index (χ1) is 23.5. The highest BCUT2D eigenvalue weighted by molar-refractivity contribution is 8.36. The molecule has 258 valence electrons. The van der Waals surface area contributed by atoms with Gasteiger partial charge in [-0.3, -0.25) is 9.67 Å². The van der Waals surface area contributed by atoms with Crippen LogP contribution in [0.15, 0.2) is 54.9 Å². The van der Waals surface area contributed by atoms with Crippen molar-refractivity contribution >= 4 is 32.7 Å². The van der Waals surface area contributed by atoms with Gasteiger partial charge in [-0.2, -0.15) is 5.10 Å². The number of ether oxygens (including phenoxy) is 2. The lowest BCUT2D eigenvalue weighted by atomic mass is 10.1. The molecule has 1 aliphatic carbocycles. The van der Waals surface area contributed by atoms with Crippen LogP contribution in [-0.4, -0.2) is 61.3 Å². The first-order valence-corrected chi connectivity index (χ1v) is 19.1. The molecule has 2 aliphatic rings. The molecule has 7 rings (SSSR count). The molecule has 1 saturated carbocycles. The summed E-state index contributed by atoms with van der Waals surface area (Å²) in [6.07, 6.45) is 8.91. The molecule has 2 aromatic carbocycles. The Kier molecular flexibility index (Phi) is 9.00. The monoisotopic (exact) mass is 684 g/mol. The van der Waals surface area contributed by atoms with Gasteiger partial charge in [0.25, 0.3) is 0 Å². The van der Waals surface area contributed by atoms with Gasteiger partial charge >= 0.3 is 0 Å².